The van der Waals surface area contributed by atoms with E-state index in [4.69, 9.17) is 9.47 Å². The molecule has 3 atom stereocenters. The molecule has 0 aliphatic carbocycles. The maximum Gasteiger partial charge on any atom is 0.0594 e. The molecule has 2 fully saturated rings. The lowest BCUT2D eigenvalue weighted by atomic mass is 9.96. The van der Waals surface area contributed by atoms with Gasteiger partial charge in [-0.25, -0.2) is 0 Å². The number of nitrogens with zero attached hydrogens (tertiary/aromatic N) is 2. The van der Waals surface area contributed by atoms with Crippen molar-refractivity contribution in [3.8, 4) is 0 Å². The molecule has 0 spiro atoms. The average molecular weight is 305 g/mol. The van der Waals surface area contributed by atoms with Gasteiger partial charge < -0.3 is 14.8 Å². The molecule has 1 N–H and O–H groups in total. The summed E-state index contributed by atoms with van der Waals surface area (Å²) in [5, 5.41) is 3.71. The summed E-state index contributed by atoms with van der Waals surface area (Å²) >= 11 is 0. The Morgan fingerprint density at radius 1 is 1.23 bits per heavy atom. The Kier molecular flexibility index (Phi) is 5.78. The summed E-state index contributed by atoms with van der Waals surface area (Å²) in [6.45, 7) is 8.79. The fourth-order valence-electron chi connectivity index (χ4n) is 3.43. The molecule has 0 bridgehead atoms. The van der Waals surface area contributed by atoms with E-state index in [-0.39, 0.29) is 0 Å². The lowest BCUT2D eigenvalue weighted by Crippen LogP contribution is -2.51. The summed E-state index contributed by atoms with van der Waals surface area (Å²) in [6.07, 6.45) is 4.89. The van der Waals surface area contributed by atoms with Gasteiger partial charge in [-0.15, -0.1) is 0 Å². The molecular weight excluding hydrogens is 278 g/mol. The van der Waals surface area contributed by atoms with E-state index in [9.17, 15) is 0 Å². The Bertz CT molecular complexity index is 431. The van der Waals surface area contributed by atoms with Crippen LogP contribution in [0, 0.1) is 5.92 Å². The second-order valence-electron chi connectivity index (χ2n) is 6.25. The molecule has 1 aromatic rings. The summed E-state index contributed by atoms with van der Waals surface area (Å²) in [4.78, 5) is 6.67. The molecule has 2 aliphatic rings. The second-order valence-corrected chi connectivity index (χ2v) is 6.25. The van der Waals surface area contributed by atoms with Gasteiger partial charge in [0.2, 0.25) is 0 Å². The molecule has 22 heavy (non-hydrogen) atoms. The molecular formula is C17H27N3O2. The minimum atomic E-state index is 0.342. The Labute approximate surface area is 133 Å². The standard InChI is InChI=1S/C17H27N3O2/c1-14(15-2-5-18-6-3-15)19-12-17(16-4-9-22-13-16)20-7-10-21-11-8-20/h2-3,5-6,14,16-17,19H,4,7-13H2,1H3/t14-,16+,17+/m0/s1. The van der Waals surface area contributed by atoms with Crippen LogP contribution in [0.15, 0.2) is 24.5 Å². The molecule has 122 valence electrons. The van der Waals surface area contributed by atoms with Crippen molar-refractivity contribution in [1.29, 1.82) is 0 Å². The van der Waals surface area contributed by atoms with E-state index in [1.165, 1.54) is 12.0 Å². The van der Waals surface area contributed by atoms with E-state index in [0.717, 1.165) is 46.1 Å². The van der Waals surface area contributed by atoms with Gasteiger partial charge in [-0.1, -0.05) is 0 Å². The highest BCUT2D eigenvalue weighted by Gasteiger charge is 2.31. The zero-order chi connectivity index (χ0) is 15.2. The monoisotopic (exact) mass is 305 g/mol. The zero-order valence-corrected chi connectivity index (χ0v) is 13.4. The second kappa shape index (κ2) is 8.02. The minimum Gasteiger partial charge on any atom is -0.381 e. The molecule has 5 nitrogen and oxygen atoms in total. The summed E-state index contributed by atoms with van der Waals surface area (Å²) < 4.78 is 11.1. The Morgan fingerprint density at radius 3 is 2.68 bits per heavy atom. The first-order chi connectivity index (χ1) is 10.8. The van der Waals surface area contributed by atoms with E-state index in [1.807, 2.05) is 12.4 Å². The topological polar surface area (TPSA) is 46.6 Å². The molecule has 2 aliphatic heterocycles. The lowest BCUT2D eigenvalue weighted by molar-refractivity contribution is 0.000912. The highest BCUT2D eigenvalue weighted by Crippen LogP contribution is 2.22. The molecule has 0 saturated carbocycles. The predicted octanol–water partition coefficient (Wildman–Crippen LogP) is 1.47. The number of hydrogen-bond donors (Lipinski definition) is 1. The molecule has 2 saturated heterocycles. The van der Waals surface area contributed by atoms with Crippen LogP contribution in [0.5, 0.6) is 0 Å². The number of aromatic nitrogens is 1. The Hall–Kier alpha value is -1.01. The van der Waals surface area contributed by atoms with E-state index in [0.29, 0.717) is 18.0 Å². The highest BCUT2D eigenvalue weighted by molar-refractivity contribution is 5.14. The van der Waals surface area contributed by atoms with Crippen LogP contribution in [0.1, 0.15) is 24.9 Å². The first-order valence-corrected chi connectivity index (χ1v) is 8.37. The van der Waals surface area contributed by atoms with Gasteiger partial charge in [0.1, 0.15) is 0 Å². The largest absolute Gasteiger partial charge is 0.381 e. The van der Waals surface area contributed by atoms with Crippen molar-refractivity contribution in [1.82, 2.24) is 15.2 Å². The van der Waals surface area contributed by atoms with Crippen molar-refractivity contribution in [3.05, 3.63) is 30.1 Å². The number of hydrogen-bond acceptors (Lipinski definition) is 5. The van der Waals surface area contributed by atoms with Gasteiger partial charge >= 0.3 is 0 Å². The Balaban J connectivity index is 1.59. The Morgan fingerprint density at radius 2 is 2.00 bits per heavy atom. The summed E-state index contributed by atoms with van der Waals surface area (Å²) in [5.74, 6) is 0.634. The van der Waals surface area contributed by atoms with Crippen LogP contribution >= 0.6 is 0 Å². The van der Waals surface area contributed by atoms with Crippen LogP contribution in [-0.4, -0.2) is 62.0 Å². The summed E-state index contributed by atoms with van der Waals surface area (Å²) in [6, 6.07) is 5.05. The predicted molar refractivity (Wildman–Crippen MR) is 85.8 cm³/mol. The fraction of sp³-hybridized carbons (Fsp3) is 0.706. The third kappa shape index (κ3) is 4.04. The third-order valence-electron chi connectivity index (χ3n) is 4.86. The van der Waals surface area contributed by atoms with Crippen LogP contribution in [0.25, 0.3) is 0 Å². The van der Waals surface area contributed by atoms with E-state index >= 15 is 0 Å². The van der Waals surface area contributed by atoms with Gasteiger partial charge in [0.05, 0.1) is 19.8 Å². The van der Waals surface area contributed by atoms with E-state index in [2.05, 4.69) is 34.3 Å². The number of morpholine rings is 1. The van der Waals surface area contributed by atoms with Gasteiger partial charge in [0.15, 0.2) is 0 Å². The van der Waals surface area contributed by atoms with Crippen LogP contribution < -0.4 is 5.32 Å². The van der Waals surface area contributed by atoms with Gasteiger partial charge in [0, 0.05) is 56.6 Å². The maximum atomic E-state index is 5.63. The molecule has 3 heterocycles. The van der Waals surface area contributed by atoms with Crippen molar-refractivity contribution in [2.24, 2.45) is 5.92 Å². The molecule has 0 aromatic carbocycles. The van der Waals surface area contributed by atoms with E-state index in [1.54, 1.807) is 0 Å². The SMILES string of the molecule is C[C@H](NC[C@H]([C@@H]1CCOC1)N1CCOCC1)c1ccncc1. The van der Waals surface area contributed by atoms with Crippen LogP contribution in [-0.2, 0) is 9.47 Å². The zero-order valence-electron chi connectivity index (χ0n) is 13.4. The number of pyridine rings is 1. The average Bonchev–Trinajstić information content (AvgIpc) is 3.11. The van der Waals surface area contributed by atoms with Crippen molar-refractivity contribution in [2.45, 2.75) is 25.4 Å². The van der Waals surface area contributed by atoms with Gasteiger partial charge in [-0.2, -0.15) is 0 Å². The summed E-state index contributed by atoms with van der Waals surface area (Å²) in [5.41, 5.74) is 1.29. The quantitative estimate of drug-likeness (QED) is 0.862. The maximum absolute atomic E-state index is 5.63. The molecule has 1 aromatic heterocycles. The third-order valence-corrected chi connectivity index (χ3v) is 4.86. The first-order valence-electron chi connectivity index (χ1n) is 8.37. The minimum absolute atomic E-state index is 0.342. The normalized spacial score (nSPS) is 26.0. The molecule has 0 amide bonds. The highest BCUT2D eigenvalue weighted by atomic mass is 16.5. The number of rotatable bonds is 6. The smallest absolute Gasteiger partial charge is 0.0594 e. The summed E-state index contributed by atoms with van der Waals surface area (Å²) in [7, 11) is 0. The van der Waals surface area contributed by atoms with Crippen molar-refractivity contribution < 1.29 is 9.47 Å². The van der Waals surface area contributed by atoms with E-state index < -0.39 is 0 Å². The molecule has 0 radical (unpaired) electrons. The van der Waals surface area contributed by atoms with Crippen molar-refractivity contribution in [3.63, 3.8) is 0 Å². The first kappa shape index (κ1) is 15.9. The van der Waals surface area contributed by atoms with Crippen LogP contribution in [0.3, 0.4) is 0 Å². The van der Waals surface area contributed by atoms with Crippen LogP contribution in [0.2, 0.25) is 0 Å². The molecule has 3 rings (SSSR count). The fourth-order valence-corrected chi connectivity index (χ4v) is 3.43. The van der Waals surface area contributed by atoms with Crippen LogP contribution in [0.4, 0.5) is 0 Å². The van der Waals surface area contributed by atoms with Crippen molar-refractivity contribution >= 4 is 0 Å². The van der Waals surface area contributed by atoms with Crippen molar-refractivity contribution in [2.75, 3.05) is 46.1 Å². The number of nitrogens with one attached hydrogen (secondary N) is 1. The van der Waals surface area contributed by atoms with Gasteiger partial charge in [-0.3, -0.25) is 9.88 Å². The lowest BCUT2D eigenvalue weighted by Gasteiger charge is -2.38. The van der Waals surface area contributed by atoms with Gasteiger partial charge in [-0.05, 0) is 31.0 Å². The molecule has 5 heteroatoms. The van der Waals surface area contributed by atoms with Gasteiger partial charge in [0.25, 0.3) is 0 Å². The number of ether oxygens (including phenoxy) is 2. The molecule has 0 unspecified atom stereocenters.